The number of carbonyl (C=O) groups excluding carboxylic acids is 1. The van der Waals surface area contributed by atoms with E-state index in [1.807, 2.05) is 0 Å². The summed E-state index contributed by atoms with van der Waals surface area (Å²) in [5.41, 5.74) is 0. The van der Waals surface area contributed by atoms with E-state index in [9.17, 15) is 9.90 Å². The minimum Gasteiger partial charge on any atom is -0.469 e. The van der Waals surface area contributed by atoms with E-state index in [-0.39, 0.29) is 12.1 Å². The van der Waals surface area contributed by atoms with Crippen molar-refractivity contribution in [2.45, 2.75) is 44.2 Å². The number of carbonyl (C=O) groups is 1. The van der Waals surface area contributed by atoms with Gasteiger partial charge in [-0.1, -0.05) is 12.8 Å². The molecule has 1 saturated heterocycles. The molecule has 2 unspecified atom stereocenters. The van der Waals surface area contributed by atoms with Crippen molar-refractivity contribution < 1.29 is 14.6 Å². The average Bonchev–Trinajstić information content (AvgIpc) is 2.46. The minimum atomic E-state index is -0.143. The lowest BCUT2D eigenvalue weighted by Crippen LogP contribution is -2.54. The third kappa shape index (κ3) is 4.16. The van der Waals surface area contributed by atoms with Gasteiger partial charge in [-0.05, 0) is 12.8 Å². The quantitative estimate of drug-likeness (QED) is 0.753. The van der Waals surface area contributed by atoms with Crippen molar-refractivity contribution in [3.63, 3.8) is 0 Å². The Balaban J connectivity index is 1.71. The highest BCUT2D eigenvalue weighted by atomic mass is 16.5. The Morgan fingerprint density at radius 2 is 1.89 bits per heavy atom. The van der Waals surface area contributed by atoms with E-state index in [1.165, 1.54) is 13.5 Å². The summed E-state index contributed by atoms with van der Waals surface area (Å²) < 4.78 is 4.66. The Morgan fingerprint density at radius 1 is 1.21 bits per heavy atom. The highest BCUT2D eigenvalue weighted by Crippen LogP contribution is 2.24. The van der Waals surface area contributed by atoms with Crippen LogP contribution in [-0.4, -0.2) is 72.9 Å². The zero-order valence-electron chi connectivity index (χ0n) is 11.9. The first kappa shape index (κ1) is 14.8. The summed E-state index contributed by atoms with van der Waals surface area (Å²) in [6, 6.07) is 0.358. The molecular weight excluding hydrogens is 244 g/mol. The molecule has 1 aliphatic heterocycles. The van der Waals surface area contributed by atoms with Crippen molar-refractivity contribution in [2.24, 2.45) is 0 Å². The number of aliphatic hydroxyl groups excluding tert-OH is 1. The van der Waals surface area contributed by atoms with E-state index < -0.39 is 0 Å². The number of ether oxygens (including phenoxy) is 1. The SMILES string of the molecule is COC(=O)CCN1CCN(C2CCCCC2O)CC1. The second kappa shape index (κ2) is 7.22. The molecule has 1 saturated carbocycles. The molecule has 1 N–H and O–H groups in total. The van der Waals surface area contributed by atoms with Crippen LogP contribution in [0.25, 0.3) is 0 Å². The monoisotopic (exact) mass is 270 g/mol. The van der Waals surface area contributed by atoms with E-state index in [0.29, 0.717) is 12.5 Å². The second-order valence-electron chi connectivity index (χ2n) is 5.62. The van der Waals surface area contributed by atoms with Crippen LogP contribution in [-0.2, 0) is 9.53 Å². The molecule has 0 aromatic heterocycles. The van der Waals surface area contributed by atoms with Gasteiger partial charge >= 0.3 is 5.97 Å². The Hall–Kier alpha value is -0.650. The number of piperazine rings is 1. The van der Waals surface area contributed by atoms with E-state index in [4.69, 9.17) is 0 Å². The normalized spacial score (nSPS) is 30.2. The molecule has 0 aromatic rings. The van der Waals surface area contributed by atoms with Crippen molar-refractivity contribution in [3.05, 3.63) is 0 Å². The first-order chi connectivity index (χ1) is 9.20. The number of esters is 1. The van der Waals surface area contributed by atoms with Crippen molar-refractivity contribution in [1.82, 2.24) is 9.80 Å². The first-order valence-corrected chi connectivity index (χ1v) is 7.42. The van der Waals surface area contributed by atoms with Crippen LogP contribution in [0.5, 0.6) is 0 Å². The van der Waals surface area contributed by atoms with E-state index in [0.717, 1.165) is 52.0 Å². The van der Waals surface area contributed by atoms with Gasteiger partial charge in [0.1, 0.15) is 0 Å². The largest absolute Gasteiger partial charge is 0.469 e. The smallest absolute Gasteiger partial charge is 0.306 e. The molecule has 0 spiro atoms. The fraction of sp³-hybridized carbons (Fsp3) is 0.929. The van der Waals surface area contributed by atoms with E-state index >= 15 is 0 Å². The molecule has 19 heavy (non-hydrogen) atoms. The van der Waals surface area contributed by atoms with Crippen molar-refractivity contribution in [3.8, 4) is 0 Å². The maximum Gasteiger partial charge on any atom is 0.306 e. The summed E-state index contributed by atoms with van der Waals surface area (Å²) in [6.45, 7) is 4.76. The van der Waals surface area contributed by atoms with Gasteiger partial charge in [0.25, 0.3) is 0 Å². The fourth-order valence-electron chi connectivity index (χ4n) is 3.19. The minimum absolute atomic E-state index is 0.134. The average molecular weight is 270 g/mol. The summed E-state index contributed by atoms with van der Waals surface area (Å²) in [6.07, 6.45) is 4.82. The van der Waals surface area contributed by atoms with Gasteiger partial charge in [-0.3, -0.25) is 9.69 Å². The van der Waals surface area contributed by atoms with Gasteiger partial charge in [-0.25, -0.2) is 0 Å². The molecule has 0 radical (unpaired) electrons. The van der Waals surface area contributed by atoms with Gasteiger partial charge in [0.05, 0.1) is 19.6 Å². The Kier molecular flexibility index (Phi) is 5.60. The Morgan fingerprint density at radius 3 is 2.53 bits per heavy atom. The van der Waals surface area contributed by atoms with Gasteiger partial charge in [-0.2, -0.15) is 0 Å². The molecule has 2 atom stereocenters. The number of methoxy groups -OCH3 is 1. The fourth-order valence-corrected chi connectivity index (χ4v) is 3.19. The van der Waals surface area contributed by atoms with Crippen LogP contribution in [0, 0.1) is 0 Å². The van der Waals surface area contributed by atoms with Crippen LogP contribution in [0.1, 0.15) is 32.1 Å². The van der Waals surface area contributed by atoms with Crippen LogP contribution < -0.4 is 0 Å². The molecule has 2 fully saturated rings. The Labute approximate surface area is 115 Å². The molecule has 5 nitrogen and oxygen atoms in total. The topological polar surface area (TPSA) is 53.0 Å². The predicted molar refractivity (Wildman–Crippen MR) is 72.9 cm³/mol. The molecule has 2 aliphatic rings. The Bertz CT molecular complexity index is 290. The summed E-state index contributed by atoms with van der Waals surface area (Å²) >= 11 is 0. The number of nitrogens with zero attached hydrogens (tertiary/aromatic N) is 2. The van der Waals surface area contributed by atoms with Crippen LogP contribution in [0.15, 0.2) is 0 Å². The lowest BCUT2D eigenvalue weighted by molar-refractivity contribution is -0.141. The second-order valence-corrected chi connectivity index (χ2v) is 5.62. The van der Waals surface area contributed by atoms with Gasteiger partial charge in [0.15, 0.2) is 0 Å². The predicted octanol–water partition coefficient (Wildman–Crippen LogP) is 0.471. The molecule has 1 heterocycles. The molecule has 0 aromatic carbocycles. The third-order valence-corrected chi connectivity index (χ3v) is 4.43. The molecule has 5 heteroatoms. The zero-order chi connectivity index (χ0) is 13.7. The molecule has 110 valence electrons. The van der Waals surface area contributed by atoms with Crippen molar-refractivity contribution >= 4 is 5.97 Å². The van der Waals surface area contributed by atoms with Crippen LogP contribution in [0.4, 0.5) is 0 Å². The summed E-state index contributed by atoms with van der Waals surface area (Å²) in [4.78, 5) is 15.9. The number of hydrogen-bond donors (Lipinski definition) is 1. The highest BCUT2D eigenvalue weighted by Gasteiger charge is 2.30. The first-order valence-electron chi connectivity index (χ1n) is 7.42. The lowest BCUT2D eigenvalue weighted by Gasteiger charge is -2.42. The summed E-state index contributed by atoms with van der Waals surface area (Å²) in [7, 11) is 1.44. The van der Waals surface area contributed by atoms with Crippen LogP contribution in [0.2, 0.25) is 0 Å². The maximum atomic E-state index is 11.1. The van der Waals surface area contributed by atoms with Crippen LogP contribution in [0.3, 0.4) is 0 Å². The van der Waals surface area contributed by atoms with Crippen LogP contribution >= 0.6 is 0 Å². The number of aliphatic hydroxyl groups is 1. The van der Waals surface area contributed by atoms with Gasteiger partial charge < -0.3 is 14.7 Å². The third-order valence-electron chi connectivity index (χ3n) is 4.43. The van der Waals surface area contributed by atoms with Gasteiger partial charge in [-0.15, -0.1) is 0 Å². The van der Waals surface area contributed by atoms with Crippen molar-refractivity contribution in [1.29, 1.82) is 0 Å². The maximum absolute atomic E-state index is 11.1. The molecule has 0 amide bonds. The summed E-state index contributed by atoms with van der Waals surface area (Å²) in [5.74, 6) is -0.134. The number of hydrogen-bond acceptors (Lipinski definition) is 5. The molecule has 1 aliphatic carbocycles. The molecule has 2 rings (SSSR count). The zero-order valence-corrected chi connectivity index (χ0v) is 11.9. The van der Waals surface area contributed by atoms with E-state index in [2.05, 4.69) is 14.5 Å². The van der Waals surface area contributed by atoms with Gasteiger partial charge in [0.2, 0.25) is 0 Å². The summed E-state index contributed by atoms with van der Waals surface area (Å²) in [5, 5.41) is 10.1. The molecule has 0 bridgehead atoms. The van der Waals surface area contributed by atoms with Crippen molar-refractivity contribution in [2.75, 3.05) is 39.8 Å². The van der Waals surface area contributed by atoms with Gasteiger partial charge in [0, 0.05) is 38.8 Å². The lowest BCUT2D eigenvalue weighted by atomic mass is 9.91. The van der Waals surface area contributed by atoms with E-state index in [1.54, 1.807) is 0 Å². The number of rotatable bonds is 4. The highest BCUT2D eigenvalue weighted by molar-refractivity contribution is 5.69. The molecular formula is C14H26N2O3. The standard InChI is InChI=1S/C14H26N2O3/c1-19-14(18)6-7-15-8-10-16(11-9-15)12-4-2-3-5-13(12)17/h12-13,17H,2-11H2,1H3.